The van der Waals surface area contributed by atoms with Gasteiger partial charge in [-0.1, -0.05) is 6.07 Å². The van der Waals surface area contributed by atoms with Crippen LogP contribution < -0.4 is 19.7 Å². The van der Waals surface area contributed by atoms with Gasteiger partial charge in [-0.05, 0) is 49.1 Å². The molecule has 1 aromatic carbocycles. The second-order valence-electron chi connectivity index (χ2n) is 6.56. The van der Waals surface area contributed by atoms with Crippen LogP contribution in [0.4, 0.5) is 5.95 Å². The molecule has 2 aromatic rings. The van der Waals surface area contributed by atoms with Crippen LogP contribution in [0.5, 0.6) is 11.5 Å². The second kappa shape index (κ2) is 8.07. The molecule has 0 spiro atoms. The molecule has 0 atom stereocenters. The summed E-state index contributed by atoms with van der Waals surface area (Å²) in [4.78, 5) is 23.2. The quantitative estimate of drug-likeness (QED) is 0.820. The third-order valence-corrected chi connectivity index (χ3v) is 4.61. The smallest absolute Gasteiger partial charge is 0.244 e. The molecule has 1 amide bonds. The lowest BCUT2D eigenvalue weighted by molar-refractivity contribution is -0.116. The van der Waals surface area contributed by atoms with E-state index in [1.54, 1.807) is 12.3 Å². The lowest BCUT2D eigenvalue weighted by Crippen LogP contribution is -2.31. The molecule has 2 aliphatic rings. The zero-order valence-corrected chi connectivity index (χ0v) is 15.1. The molecule has 4 rings (SSSR count). The number of ether oxygens (including phenoxy) is 2. The van der Waals surface area contributed by atoms with E-state index in [0.717, 1.165) is 36.0 Å². The molecule has 3 heterocycles. The minimum Gasteiger partial charge on any atom is -0.454 e. The number of hydrogen-bond donors (Lipinski definition) is 1. The summed E-state index contributed by atoms with van der Waals surface area (Å²) >= 11 is 0. The van der Waals surface area contributed by atoms with Crippen LogP contribution in [0.1, 0.15) is 30.5 Å². The number of fused-ring (bicyclic) bond motifs is 1. The molecule has 1 N–H and O–H groups in total. The molecule has 1 fully saturated rings. The van der Waals surface area contributed by atoms with Crippen molar-refractivity contribution in [3.8, 4) is 11.5 Å². The van der Waals surface area contributed by atoms with Gasteiger partial charge in [0.05, 0.1) is 12.2 Å². The van der Waals surface area contributed by atoms with Crippen LogP contribution in [-0.2, 0) is 11.3 Å². The molecule has 0 saturated carbocycles. The highest BCUT2D eigenvalue weighted by molar-refractivity contribution is 5.91. The summed E-state index contributed by atoms with van der Waals surface area (Å²) in [7, 11) is 0. The van der Waals surface area contributed by atoms with E-state index in [2.05, 4.69) is 20.2 Å². The van der Waals surface area contributed by atoms with Crippen molar-refractivity contribution in [3.63, 3.8) is 0 Å². The molecule has 2 aliphatic heterocycles. The summed E-state index contributed by atoms with van der Waals surface area (Å²) in [5.41, 5.74) is 1.68. The number of aromatic nitrogens is 2. The van der Waals surface area contributed by atoms with Crippen LogP contribution >= 0.6 is 0 Å². The fraction of sp³-hybridized carbons (Fsp3) is 0.350. The normalized spacial score (nSPS) is 15.9. The summed E-state index contributed by atoms with van der Waals surface area (Å²) in [5, 5.41) is 2.86. The zero-order chi connectivity index (χ0) is 18.5. The number of nitrogens with zero attached hydrogens (tertiary/aromatic N) is 3. The third-order valence-electron chi connectivity index (χ3n) is 4.61. The molecule has 7 heteroatoms. The maximum absolute atomic E-state index is 12.1. The average Bonchev–Trinajstić information content (AvgIpc) is 3.19. The number of carbonyl (C=O) groups is 1. The highest BCUT2D eigenvalue weighted by Crippen LogP contribution is 2.32. The van der Waals surface area contributed by atoms with Gasteiger partial charge >= 0.3 is 0 Å². The topological polar surface area (TPSA) is 76.6 Å². The van der Waals surface area contributed by atoms with Crippen molar-refractivity contribution in [2.45, 2.75) is 25.8 Å². The van der Waals surface area contributed by atoms with Crippen LogP contribution in [0.2, 0.25) is 0 Å². The number of hydrogen-bond acceptors (Lipinski definition) is 6. The fourth-order valence-electron chi connectivity index (χ4n) is 3.15. The first-order valence-corrected chi connectivity index (χ1v) is 9.20. The number of piperidine rings is 1. The fourth-order valence-corrected chi connectivity index (χ4v) is 3.15. The van der Waals surface area contributed by atoms with Crippen LogP contribution in [0, 0.1) is 0 Å². The Bertz CT molecular complexity index is 847. The summed E-state index contributed by atoms with van der Waals surface area (Å²) < 4.78 is 10.6. The summed E-state index contributed by atoms with van der Waals surface area (Å²) in [6.45, 7) is 2.59. The van der Waals surface area contributed by atoms with Gasteiger partial charge < -0.3 is 19.7 Å². The summed E-state index contributed by atoms with van der Waals surface area (Å²) in [5.74, 6) is 2.00. The Balaban J connectivity index is 1.32. The number of carbonyl (C=O) groups excluding carboxylic acids is 1. The van der Waals surface area contributed by atoms with Gasteiger partial charge in [0.1, 0.15) is 0 Å². The van der Waals surface area contributed by atoms with Crippen molar-refractivity contribution in [3.05, 3.63) is 47.8 Å². The molecule has 140 valence electrons. The standard InChI is InChI=1S/C20H22N4O3/c25-19(7-5-15-4-6-17-18(12-15)27-14-26-17)22-13-16-8-9-21-20(23-16)24-10-2-1-3-11-24/h4-9,12H,1-3,10-11,13-14H2,(H,22,25)/b7-5+. The van der Waals surface area contributed by atoms with Gasteiger partial charge in [0, 0.05) is 25.4 Å². The Morgan fingerprint density at radius 3 is 2.89 bits per heavy atom. The average molecular weight is 366 g/mol. The Labute approximate surface area is 158 Å². The first kappa shape index (κ1) is 17.3. The molecule has 0 radical (unpaired) electrons. The van der Waals surface area contributed by atoms with Crippen LogP contribution in [0.15, 0.2) is 36.5 Å². The zero-order valence-electron chi connectivity index (χ0n) is 15.1. The highest BCUT2D eigenvalue weighted by Gasteiger charge is 2.14. The Kier molecular flexibility index (Phi) is 5.18. The third kappa shape index (κ3) is 4.36. The Hall–Kier alpha value is -3.09. The van der Waals surface area contributed by atoms with E-state index in [1.807, 2.05) is 24.3 Å². The lowest BCUT2D eigenvalue weighted by atomic mass is 10.1. The van der Waals surface area contributed by atoms with E-state index in [9.17, 15) is 4.79 Å². The molecule has 0 aliphatic carbocycles. The largest absolute Gasteiger partial charge is 0.454 e. The van der Waals surface area contributed by atoms with Gasteiger partial charge in [-0.2, -0.15) is 0 Å². The van der Waals surface area contributed by atoms with Gasteiger partial charge in [0.25, 0.3) is 0 Å². The monoisotopic (exact) mass is 366 g/mol. The maximum Gasteiger partial charge on any atom is 0.244 e. The molecule has 1 saturated heterocycles. The molecule has 27 heavy (non-hydrogen) atoms. The van der Waals surface area contributed by atoms with E-state index < -0.39 is 0 Å². The number of rotatable bonds is 5. The highest BCUT2D eigenvalue weighted by atomic mass is 16.7. The van der Waals surface area contributed by atoms with Crippen LogP contribution in [0.3, 0.4) is 0 Å². The number of nitrogens with one attached hydrogen (secondary N) is 1. The Morgan fingerprint density at radius 1 is 1.15 bits per heavy atom. The molecule has 0 bridgehead atoms. The predicted molar refractivity (Wildman–Crippen MR) is 102 cm³/mol. The second-order valence-corrected chi connectivity index (χ2v) is 6.56. The number of anilines is 1. The lowest BCUT2D eigenvalue weighted by Gasteiger charge is -2.26. The number of benzene rings is 1. The summed E-state index contributed by atoms with van der Waals surface area (Å²) in [6, 6.07) is 7.40. The van der Waals surface area contributed by atoms with E-state index in [4.69, 9.17) is 9.47 Å². The van der Waals surface area contributed by atoms with Crippen molar-refractivity contribution in [1.82, 2.24) is 15.3 Å². The van der Waals surface area contributed by atoms with Crippen molar-refractivity contribution in [2.75, 3.05) is 24.8 Å². The van der Waals surface area contributed by atoms with E-state index in [1.165, 1.54) is 25.3 Å². The Morgan fingerprint density at radius 2 is 2.00 bits per heavy atom. The molecule has 0 unspecified atom stereocenters. The van der Waals surface area contributed by atoms with Gasteiger partial charge in [-0.3, -0.25) is 4.79 Å². The van der Waals surface area contributed by atoms with E-state index in [-0.39, 0.29) is 12.7 Å². The minimum absolute atomic E-state index is 0.175. The SMILES string of the molecule is O=C(/C=C/c1ccc2c(c1)OCO2)NCc1ccnc(N2CCCCC2)n1. The molecular formula is C20H22N4O3. The van der Waals surface area contributed by atoms with Crippen molar-refractivity contribution < 1.29 is 14.3 Å². The molecule has 1 aromatic heterocycles. The van der Waals surface area contributed by atoms with Gasteiger partial charge in [-0.25, -0.2) is 9.97 Å². The van der Waals surface area contributed by atoms with Crippen LogP contribution in [-0.4, -0.2) is 35.8 Å². The van der Waals surface area contributed by atoms with Crippen molar-refractivity contribution in [2.24, 2.45) is 0 Å². The molecular weight excluding hydrogens is 344 g/mol. The van der Waals surface area contributed by atoms with Gasteiger partial charge in [-0.15, -0.1) is 0 Å². The maximum atomic E-state index is 12.1. The van der Waals surface area contributed by atoms with Gasteiger partial charge in [0.15, 0.2) is 11.5 Å². The van der Waals surface area contributed by atoms with E-state index in [0.29, 0.717) is 12.3 Å². The van der Waals surface area contributed by atoms with Gasteiger partial charge in [0.2, 0.25) is 18.6 Å². The van der Waals surface area contributed by atoms with Crippen molar-refractivity contribution >= 4 is 17.9 Å². The first-order chi connectivity index (χ1) is 13.3. The van der Waals surface area contributed by atoms with Crippen molar-refractivity contribution in [1.29, 1.82) is 0 Å². The minimum atomic E-state index is -0.175. The molecule has 7 nitrogen and oxygen atoms in total. The number of amides is 1. The first-order valence-electron chi connectivity index (χ1n) is 9.20. The van der Waals surface area contributed by atoms with Crippen LogP contribution in [0.25, 0.3) is 6.08 Å². The van der Waals surface area contributed by atoms with E-state index >= 15 is 0 Å². The summed E-state index contributed by atoms with van der Waals surface area (Å²) in [6.07, 6.45) is 8.62. The predicted octanol–water partition coefficient (Wildman–Crippen LogP) is 2.53.